The predicted octanol–water partition coefficient (Wildman–Crippen LogP) is 2.23. The fraction of sp³-hybridized carbons (Fsp3) is 0.357. The summed E-state index contributed by atoms with van der Waals surface area (Å²) in [6.07, 6.45) is -0.533. The monoisotopic (exact) mass is 290 g/mol. The average Bonchev–Trinajstić information content (AvgIpc) is 2.44. The maximum atomic E-state index is 12.2. The third-order valence-corrected chi connectivity index (χ3v) is 3.97. The number of ether oxygens (including phenoxy) is 1. The number of amides is 1. The second-order valence-electron chi connectivity index (χ2n) is 4.44. The molecule has 20 heavy (non-hydrogen) atoms. The highest BCUT2D eigenvalue weighted by molar-refractivity contribution is 8.00. The van der Waals surface area contributed by atoms with Crippen molar-refractivity contribution in [2.45, 2.75) is 25.2 Å². The molecule has 0 spiro atoms. The Kier molecular flexibility index (Phi) is 4.30. The molecule has 1 heterocycles. The highest BCUT2D eigenvalue weighted by atomic mass is 32.2. The smallest absolute Gasteiger partial charge is 0.265 e. The summed E-state index contributed by atoms with van der Waals surface area (Å²) in [7, 11) is 0. The van der Waals surface area contributed by atoms with Gasteiger partial charge < -0.3 is 10.1 Å². The van der Waals surface area contributed by atoms with E-state index in [2.05, 4.69) is 5.32 Å². The Bertz CT molecular complexity index is 595. The Morgan fingerprint density at radius 2 is 2.35 bits per heavy atom. The van der Waals surface area contributed by atoms with Gasteiger partial charge in [0.1, 0.15) is 5.75 Å². The van der Waals surface area contributed by atoms with Gasteiger partial charge in [0.2, 0.25) is 0 Å². The van der Waals surface area contributed by atoms with Gasteiger partial charge in [-0.1, -0.05) is 0 Å². The van der Waals surface area contributed by atoms with Gasteiger partial charge in [-0.15, -0.1) is 11.8 Å². The normalized spacial score (nSPS) is 18.2. The number of Topliss-reactive ketones (excluding diaryl/α,β-unsaturated/α-hetero) is 1. The number of ketones is 1. The summed E-state index contributed by atoms with van der Waals surface area (Å²) in [6, 6.07) is 6.97. The maximum Gasteiger partial charge on any atom is 0.265 e. The zero-order valence-corrected chi connectivity index (χ0v) is 12.0. The molecule has 1 N–H and O–H groups in total. The first kappa shape index (κ1) is 14.4. The number of carbonyl (C=O) groups excluding carboxylic acids is 2. The molecule has 2 rings (SSSR count). The van der Waals surface area contributed by atoms with Gasteiger partial charge in [-0.05, 0) is 32.0 Å². The van der Waals surface area contributed by atoms with Crippen molar-refractivity contribution in [1.29, 1.82) is 5.26 Å². The molecular weight excluding hydrogens is 276 g/mol. The molecule has 0 bridgehead atoms. The summed E-state index contributed by atoms with van der Waals surface area (Å²) in [5, 5.41) is 10.9. The minimum atomic E-state index is -0.533. The first-order chi connectivity index (χ1) is 9.52. The molecule has 1 aromatic rings. The van der Waals surface area contributed by atoms with Gasteiger partial charge in [0.05, 0.1) is 22.8 Å². The Morgan fingerprint density at radius 1 is 1.60 bits per heavy atom. The quantitative estimate of drug-likeness (QED) is 0.860. The van der Waals surface area contributed by atoms with Crippen molar-refractivity contribution in [3.05, 3.63) is 23.8 Å². The number of fused-ring (bicyclic) bond motifs is 1. The van der Waals surface area contributed by atoms with Crippen molar-refractivity contribution in [2.24, 2.45) is 0 Å². The van der Waals surface area contributed by atoms with Crippen molar-refractivity contribution in [3.63, 3.8) is 0 Å². The van der Waals surface area contributed by atoms with Crippen LogP contribution in [0.3, 0.4) is 0 Å². The highest BCUT2D eigenvalue weighted by Gasteiger charge is 2.25. The Balaban J connectivity index is 2.19. The number of nitrogens with zero attached hydrogens (tertiary/aromatic N) is 1. The van der Waals surface area contributed by atoms with Crippen LogP contribution in [0.25, 0.3) is 0 Å². The summed E-state index contributed by atoms with van der Waals surface area (Å²) >= 11 is 1.29. The molecule has 6 heteroatoms. The molecule has 0 saturated heterocycles. The molecule has 2 unspecified atom stereocenters. The lowest BCUT2D eigenvalue weighted by Gasteiger charge is -2.23. The van der Waals surface area contributed by atoms with E-state index in [-0.39, 0.29) is 22.7 Å². The van der Waals surface area contributed by atoms with Crippen LogP contribution in [-0.2, 0) is 4.79 Å². The standard InChI is InChI=1S/C14H14N2O3S/c1-8-14(18)16-11-7-10(3-4-12(11)19-8)13(17)9(2)20-6-5-15/h3-4,7-9H,6H2,1-2H3,(H,16,18). The van der Waals surface area contributed by atoms with Gasteiger partial charge >= 0.3 is 0 Å². The SMILES string of the molecule is CC1Oc2ccc(C(=O)C(C)SCC#N)cc2NC1=O. The van der Waals surface area contributed by atoms with Gasteiger partial charge in [0.15, 0.2) is 11.9 Å². The van der Waals surface area contributed by atoms with Crippen molar-refractivity contribution < 1.29 is 14.3 Å². The van der Waals surface area contributed by atoms with Gasteiger partial charge in [0, 0.05) is 5.56 Å². The number of carbonyl (C=O) groups is 2. The largest absolute Gasteiger partial charge is 0.479 e. The van der Waals surface area contributed by atoms with E-state index in [1.165, 1.54) is 11.8 Å². The van der Waals surface area contributed by atoms with Crippen molar-refractivity contribution in [3.8, 4) is 11.8 Å². The molecule has 5 nitrogen and oxygen atoms in total. The van der Waals surface area contributed by atoms with E-state index in [1.54, 1.807) is 32.0 Å². The first-order valence-corrected chi connectivity index (χ1v) is 7.22. The van der Waals surface area contributed by atoms with Crippen molar-refractivity contribution in [2.75, 3.05) is 11.1 Å². The minimum absolute atomic E-state index is 0.0686. The summed E-state index contributed by atoms with van der Waals surface area (Å²) in [5.74, 6) is 0.538. The van der Waals surface area contributed by atoms with Crippen LogP contribution in [0.5, 0.6) is 5.75 Å². The average molecular weight is 290 g/mol. The zero-order valence-electron chi connectivity index (χ0n) is 11.2. The maximum absolute atomic E-state index is 12.2. The fourth-order valence-electron chi connectivity index (χ4n) is 1.83. The lowest BCUT2D eigenvalue weighted by Crippen LogP contribution is -2.34. The van der Waals surface area contributed by atoms with E-state index >= 15 is 0 Å². The van der Waals surface area contributed by atoms with Crippen molar-refractivity contribution in [1.82, 2.24) is 0 Å². The molecule has 1 aliphatic heterocycles. The van der Waals surface area contributed by atoms with Gasteiger partial charge in [-0.2, -0.15) is 5.26 Å². The summed E-state index contributed by atoms with van der Waals surface area (Å²) in [6.45, 7) is 3.43. The Hall–Kier alpha value is -2.00. The molecule has 0 aliphatic carbocycles. The molecule has 1 amide bonds. The zero-order chi connectivity index (χ0) is 14.7. The molecule has 0 fully saturated rings. The van der Waals surface area contributed by atoms with Gasteiger partial charge in [-0.25, -0.2) is 0 Å². The Morgan fingerprint density at radius 3 is 3.05 bits per heavy atom. The Labute approximate surface area is 121 Å². The number of nitrogens with one attached hydrogen (secondary N) is 1. The number of hydrogen-bond donors (Lipinski definition) is 1. The number of rotatable bonds is 4. The highest BCUT2D eigenvalue weighted by Crippen LogP contribution is 2.31. The summed E-state index contributed by atoms with van der Waals surface area (Å²) in [4.78, 5) is 23.8. The number of hydrogen-bond acceptors (Lipinski definition) is 5. The first-order valence-electron chi connectivity index (χ1n) is 6.17. The second kappa shape index (κ2) is 5.97. The molecule has 104 valence electrons. The molecule has 0 aromatic heterocycles. The molecule has 1 aromatic carbocycles. The predicted molar refractivity (Wildman–Crippen MR) is 77.0 cm³/mol. The lowest BCUT2D eigenvalue weighted by molar-refractivity contribution is -0.122. The number of benzene rings is 1. The van der Waals surface area contributed by atoms with Crippen LogP contribution in [0.15, 0.2) is 18.2 Å². The van der Waals surface area contributed by atoms with E-state index in [4.69, 9.17) is 10.00 Å². The third kappa shape index (κ3) is 2.94. The topological polar surface area (TPSA) is 79.2 Å². The van der Waals surface area contributed by atoms with Crippen LogP contribution >= 0.6 is 11.8 Å². The molecule has 0 radical (unpaired) electrons. The van der Waals surface area contributed by atoms with E-state index in [0.717, 1.165) is 0 Å². The van der Waals surface area contributed by atoms with E-state index in [1.807, 2.05) is 6.07 Å². The van der Waals surface area contributed by atoms with Crippen LogP contribution in [0.2, 0.25) is 0 Å². The van der Waals surface area contributed by atoms with Crippen molar-refractivity contribution >= 4 is 29.1 Å². The molecule has 2 atom stereocenters. The lowest BCUT2D eigenvalue weighted by atomic mass is 10.1. The third-order valence-electron chi connectivity index (χ3n) is 2.96. The van der Waals surface area contributed by atoms with Crippen LogP contribution in [0.1, 0.15) is 24.2 Å². The molecule has 1 aliphatic rings. The fourth-order valence-corrected chi connectivity index (χ4v) is 2.45. The van der Waals surface area contributed by atoms with Crippen LogP contribution in [-0.4, -0.2) is 28.8 Å². The molecular formula is C14H14N2O3S. The van der Waals surface area contributed by atoms with E-state index in [0.29, 0.717) is 17.0 Å². The van der Waals surface area contributed by atoms with Crippen LogP contribution < -0.4 is 10.1 Å². The second-order valence-corrected chi connectivity index (χ2v) is 5.76. The van der Waals surface area contributed by atoms with Crippen LogP contribution in [0.4, 0.5) is 5.69 Å². The van der Waals surface area contributed by atoms with Gasteiger partial charge in [-0.3, -0.25) is 9.59 Å². The number of anilines is 1. The van der Waals surface area contributed by atoms with E-state index < -0.39 is 6.10 Å². The van der Waals surface area contributed by atoms with E-state index in [9.17, 15) is 9.59 Å². The minimum Gasteiger partial charge on any atom is -0.479 e. The van der Waals surface area contributed by atoms with Crippen LogP contribution in [0, 0.1) is 11.3 Å². The number of nitriles is 1. The summed E-state index contributed by atoms with van der Waals surface area (Å²) < 4.78 is 5.43. The molecule has 0 saturated carbocycles. The summed E-state index contributed by atoms with van der Waals surface area (Å²) in [5.41, 5.74) is 1.01. The number of thioether (sulfide) groups is 1. The van der Waals surface area contributed by atoms with Gasteiger partial charge in [0.25, 0.3) is 5.91 Å².